The lowest BCUT2D eigenvalue weighted by Crippen LogP contribution is -2.47. The van der Waals surface area contributed by atoms with E-state index in [0.717, 1.165) is 22.4 Å². The quantitative estimate of drug-likeness (QED) is 0.832. The van der Waals surface area contributed by atoms with Gasteiger partial charge >= 0.3 is 0 Å². The van der Waals surface area contributed by atoms with Crippen molar-refractivity contribution >= 4 is 11.8 Å². The molecule has 0 saturated heterocycles. The highest BCUT2D eigenvalue weighted by Gasteiger charge is 2.25. The van der Waals surface area contributed by atoms with E-state index in [-0.39, 0.29) is 18.2 Å². The Morgan fingerprint density at radius 3 is 2.15 bits per heavy atom. The van der Waals surface area contributed by atoms with Crippen molar-refractivity contribution < 1.29 is 14.3 Å². The van der Waals surface area contributed by atoms with Crippen LogP contribution in [0.25, 0.3) is 0 Å². The molecule has 0 spiro atoms. The summed E-state index contributed by atoms with van der Waals surface area (Å²) in [7, 11) is 3.19. The molecule has 0 bridgehead atoms. The maximum absolute atomic E-state index is 12.9. The van der Waals surface area contributed by atoms with Crippen LogP contribution in [0.2, 0.25) is 0 Å². The molecule has 0 radical (unpaired) electrons. The lowest BCUT2D eigenvalue weighted by molar-refractivity contribution is -0.139. The maximum Gasteiger partial charge on any atom is 0.242 e. The largest absolute Gasteiger partial charge is 0.497 e. The van der Waals surface area contributed by atoms with Crippen molar-refractivity contribution in [1.82, 2.24) is 10.2 Å². The minimum absolute atomic E-state index is 0.0909. The summed E-state index contributed by atoms with van der Waals surface area (Å²) in [5.74, 6) is 0.475. The SMILES string of the molecule is CNC(=O)[C@@H](C)N(Cc1ccc(C)cc1)C(=O)Cc1ccc(OC)cc1. The van der Waals surface area contributed by atoms with Gasteiger partial charge in [0.25, 0.3) is 0 Å². The molecule has 5 nitrogen and oxygen atoms in total. The molecule has 0 aromatic heterocycles. The summed E-state index contributed by atoms with van der Waals surface area (Å²) >= 11 is 0. The number of nitrogens with one attached hydrogen (secondary N) is 1. The summed E-state index contributed by atoms with van der Waals surface area (Å²) in [5.41, 5.74) is 3.03. The van der Waals surface area contributed by atoms with E-state index in [9.17, 15) is 9.59 Å². The van der Waals surface area contributed by atoms with Crippen molar-refractivity contribution in [1.29, 1.82) is 0 Å². The molecule has 0 unspecified atom stereocenters. The molecule has 2 amide bonds. The minimum atomic E-state index is -0.549. The third kappa shape index (κ3) is 5.09. The van der Waals surface area contributed by atoms with Crippen LogP contribution in [0.15, 0.2) is 48.5 Å². The molecule has 5 heteroatoms. The fraction of sp³-hybridized carbons (Fsp3) is 0.333. The van der Waals surface area contributed by atoms with E-state index >= 15 is 0 Å². The lowest BCUT2D eigenvalue weighted by atomic mass is 10.1. The molecule has 1 atom stereocenters. The molecule has 1 N–H and O–H groups in total. The van der Waals surface area contributed by atoms with Crippen LogP contribution in [-0.2, 0) is 22.6 Å². The van der Waals surface area contributed by atoms with Crippen LogP contribution in [-0.4, -0.2) is 36.9 Å². The first-order valence-corrected chi connectivity index (χ1v) is 8.64. The van der Waals surface area contributed by atoms with Crippen molar-refractivity contribution in [2.75, 3.05) is 14.2 Å². The number of likely N-dealkylation sites (N-methyl/N-ethyl adjacent to an activating group) is 1. The molecule has 0 aliphatic carbocycles. The van der Waals surface area contributed by atoms with Gasteiger partial charge in [-0.05, 0) is 37.1 Å². The number of benzene rings is 2. The number of methoxy groups -OCH3 is 1. The maximum atomic E-state index is 12.9. The standard InChI is InChI=1S/C21H26N2O3/c1-15-5-7-18(8-6-15)14-23(16(2)21(25)22-3)20(24)13-17-9-11-19(26-4)12-10-17/h5-12,16H,13-14H2,1-4H3,(H,22,25)/t16-/m1/s1. The molecule has 0 aliphatic heterocycles. The summed E-state index contributed by atoms with van der Waals surface area (Å²) in [6.07, 6.45) is 0.233. The average molecular weight is 354 g/mol. The van der Waals surface area contributed by atoms with Crippen LogP contribution in [0.5, 0.6) is 5.75 Å². The van der Waals surface area contributed by atoms with Crippen LogP contribution in [0.3, 0.4) is 0 Å². The van der Waals surface area contributed by atoms with Gasteiger partial charge in [0.15, 0.2) is 0 Å². The Kier molecular flexibility index (Phi) is 6.78. The molecular weight excluding hydrogens is 328 g/mol. The van der Waals surface area contributed by atoms with Crippen molar-refractivity contribution in [3.63, 3.8) is 0 Å². The van der Waals surface area contributed by atoms with E-state index < -0.39 is 6.04 Å². The molecular formula is C21H26N2O3. The van der Waals surface area contributed by atoms with Gasteiger partial charge in [-0.2, -0.15) is 0 Å². The Bertz CT molecular complexity index is 739. The zero-order chi connectivity index (χ0) is 19.1. The van der Waals surface area contributed by atoms with E-state index in [1.165, 1.54) is 0 Å². The van der Waals surface area contributed by atoms with Gasteiger partial charge in [-0.25, -0.2) is 0 Å². The Balaban J connectivity index is 2.18. The molecule has 138 valence electrons. The van der Waals surface area contributed by atoms with E-state index in [1.54, 1.807) is 26.0 Å². The summed E-state index contributed by atoms with van der Waals surface area (Å²) in [6, 6.07) is 14.8. The third-order valence-corrected chi connectivity index (χ3v) is 4.40. The first kappa shape index (κ1) is 19.5. The second-order valence-electron chi connectivity index (χ2n) is 6.32. The van der Waals surface area contributed by atoms with E-state index in [2.05, 4.69) is 5.32 Å². The van der Waals surface area contributed by atoms with Crippen LogP contribution in [0.4, 0.5) is 0 Å². The Morgan fingerprint density at radius 1 is 1.04 bits per heavy atom. The average Bonchev–Trinajstić information content (AvgIpc) is 2.66. The van der Waals surface area contributed by atoms with Crippen molar-refractivity contribution in [3.05, 3.63) is 65.2 Å². The number of hydrogen-bond donors (Lipinski definition) is 1. The highest BCUT2D eigenvalue weighted by atomic mass is 16.5. The molecule has 0 fully saturated rings. The number of ether oxygens (including phenoxy) is 1. The predicted octanol–water partition coefficient (Wildman–Crippen LogP) is 2.71. The fourth-order valence-electron chi connectivity index (χ4n) is 2.70. The van der Waals surface area contributed by atoms with Crippen molar-refractivity contribution in [3.8, 4) is 5.75 Å². The van der Waals surface area contributed by atoms with Gasteiger partial charge in [0.2, 0.25) is 11.8 Å². The number of aryl methyl sites for hydroxylation is 1. The smallest absolute Gasteiger partial charge is 0.242 e. The highest BCUT2D eigenvalue weighted by Crippen LogP contribution is 2.15. The van der Waals surface area contributed by atoms with Crippen LogP contribution in [0, 0.1) is 6.92 Å². The summed E-state index contributed by atoms with van der Waals surface area (Å²) < 4.78 is 5.15. The third-order valence-electron chi connectivity index (χ3n) is 4.40. The van der Waals surface area contributed by atoms with Crippen molar-refractivity contribution in [2.45, 2.75) is 32.9 Å². The Hall–Kier alpha value is -2.82. The Labute approximate surface area is 155 Å². The number of rotatable bonds is 7. The van der Waals surface area contributed by atoms with Crippen LogP contribution >= 0.6 is 0 Å². The topological polar surface area (TPSA) is 58.6 Å². The zero-order valence-corrected chi connectivity index (χ0v) is 15.8. The lowest BCUT2D eigenvalue weighted by Gasteiger charge is -2.28. The van der Waals surface area contributed by atoms with Gasteiger partial charge in [0.05, 0.1) is 13.5 Å². The number of nitrogens with zero attached hydrogens (tertiary/aromatic N) is 1. The molecule has 0 saturated carbocycles. The Morgan fingerprint density at radius 2 is 1.62 bits per heavy atom. The summed E-state index contributed by atoms with van der Waals surface area (Å²) in [6.45, 7) is 4.16. The summed E-state index contributed by atoms with van der Waals surface area (Å²) in [5, 5.41) is 2.62. The van der Waals surface area contributed by atoms with Crippen LogP contribution in [0.1, 0.15) is 23.6 Å². The fourth-order valence-corrected chi connectivity index (χ4v) is 2.70. The first-order chi connectivity index (χ1) is 12.4. The van der Waals surface area contributed by atoms with E-state index in [1.807, 2.05) is 55.5 Å². The number of carbonyl (C=O) groups excluding carboxylic acids is 2. The van der Waals surface area contributed by atoms with Gasteiger partial charge in [0.1, 0.15) is 11.8 Å². The monoisotopic (exact) mass is 354 g/mol. The zero-order valence-electron chi connectivity index (χ0n) is 15.8. The van der Waals surface area contributed by atoms with Gasteiger partial charge in [0, 0.05) is 13.6 Å². The molecule has 2 aromatic rings. The van der Waals surface area contributed by atoms with E-state index in [4.69, 9.17) is 4.74 Å². The molecule has 0 heterocycles. The highest BCUT2D eigenvalue weighted by molar-refractivity contribution is 5.88. The van der Waals surface area contributed by atoms with Gasteiger partial charge in [-0.3, -0.25) is 9.59 Å². The molecule has 26 heavy (non-hydrogen) atoms. The molecule has 2 aromatic carbocycles. The summed E-state index contributed by atoms with van der Waals surface area (Å²) in [4.78, 5) is 26.7. The van der Waals surface area contributed by atoms with E-state index in [0.29, 0.717) is 6.54 Å². The second kappa shape index (κ2) is 9.04. The van der Waals surface area contributed by atoms with Crippen molar-refractivity contribution in [2.24, 2.45) is 0 Å². The number of carbonyl (C=O) groups is 2. The van der Waals surface area contributed by atoms with Crippen LogP contribution < -0.4 is 10.1 Å². The molecule has 2 rings (SSSR count). The van der Waals surface area contributed by atoms with Gasteiger partial charge in [-0.15, -0.1) is 0 Å². The normalized spacial score (nSPS) is 11.5. The van der Waals surface area contributed by atoms with Gasteiger partial charge in [-0.1, -0.05) is 42.0 Å². The molecule has 0 aliphatic rings. The van der Waals surface area contributed by atoms with Gasteiger partial charge < -0.3 is 15.0 Å². The number of hydrogen-bond acceptors (Lipinski definition) is 3. The second-order valence-corrected chi connectivity index (χ2v) is 6.32. The number of amides is 2. The first-order valence-electron chi connectivity index (χ1n) is 8.64. The predicted molar refractivity (Wildman–Crippen MR) is 102 cm³/mol. The minimum Gasteiger partial charge on any atom is -0.497 e.